The van der Waals surface area contributed by atoms with Gasteiger partial charge in [-0.15, -0.1) is 11.6 Å². The van der Waals surface area contributed by atoms with Crippen molar-refractivity contribution in [2.24, 2.45) is 17.8 Å². The summed E-state index contributed by atoms with van der Waals surface area (Å²) in [5.74, 6) is -1.42. The van der Waals surface area contributed by atoms with Crippen LogP contribution in [-0.2, 0) is 0 Å². The average molecular weight is 171 g/mol. The topological polar surface area (TPSA) is 0 Å². The molecule has 4 atom stereocenters. The molecule has 0 nitrogen and oxygen atoms in total. The lowest BCUT2D eigenvalue weighted by atomic mass is 10.0. The summed E-state index contributed by atoms with van der Waals surface area (Å²) in [6.07, 6.45) is -3.42. The summed E-state index contributed by atoms with van der Waals surface area (Å²) in [5.41, 5.74) is 0. The van der Waals surface area contributed by atoms with Crippen molar-refractivity contribution in [3.05, 3.63) is 0 Å². The minimum absolute atomic E-state index is 0.123. The van der Waals surface area contributed by atoms with E-state index in [1.165, 1.54) is 0 Å². The van der Waals surface area contributed by atoms with E-state index < -0.39 is 12.1 Å². The zero-order chi connectivity index (χ0) is 7.52. The summed E-state index contributed by atoms with van der Waals surface area (Å²) in [6, 6.07) is 0. The summed E-state index contributed by atoms with van der Waals surface area (Å²) in [7, 11) is 0. The van der Waals surface area contributed by atoms with Gasteiger partial charge < -0.3 is 0 Å². The monoisotopic (exact) mass is 170 g/mol. The third-order valence-electron chi connectivity index (χ3n) is 2.52. The Morgan fingerprint density at radius 2 is 1.90 bits per heavy atom. The van der Waals surface area contributed by atoms with Crippen molar-refractivity contribution in [3.63, 3.8) is 0 Å². The van der Waals surface area contributed by atoms with Crippen LogP contribution in [0.25, 0.3) is 0 Å². The molecule has 0 amide bonds. The van der Waals surface area contributed by atoms with Gasteiger partial charge in [0.05, 0.1) is 5.92 Å². The van der Waals surface area contributed by atoms with Crippen molar-refractivity contribution < 1.29 is 13.2 Å². The molecule has 2 fully saturated rings. The highest BCUT2D eigenvalue weighted by atomic mass is 35.5. The second-order valence-electron chi connectivity index (χ2n) is 3.06. The van der Waals surface area contributed by atoms with Crippen molar-refractivity contribution in [2.75, 3.05) is 0 Å². The van der Waals surface area contributed by atoms with Gasteiger partial charge in [0.15, 0.2) is 0 Å². The molecule has 0 aliphatic heterocycles. The summed E-state index contributed by atoms with van der Waals surface area (Å²) in [4.78, 5) is 0. The van der Waals surface area contributed by atoms with Crippen molar-refractivity contribution in [1.82, 2.24) is 0 Å². The van der Waals surface area contributed by atoms with Crippen LogP contribution in [0.4, 0.5) is 13.2 Å². The molecule has 4 unspecified atom stereocenters. The van der Waals surface area contributed by atoms with E-state index in [2.05, 4.69) is 0 Å². The fourth-order valence-electron chi connectivity index (χ4n) is 1.88. The molecule has 2 rings (SSSR count). The highest BCUT2D eigenvalue weighted by Gasteiger charge is 2.72. The van der Waals surface area contributed by atoms with Crippen LogP contribution in [0.3, 0.4) is 0 Å². The second-order valence-corrected chi connectivity index (χ2v) is 3.62. The van der Waals surface area contributed by atoms with Crippen molar-refractivity contribution >= 4 is 11.6 Å². The number of hydrogen-bond acceptors (Lipinski definition) is 0. The lowest BCUT2D eigenvalue weighted by Crippen LogP contribution is -2.15. The molecule has 0 aromatic rings. The fraction of sp³-hybridized carbons (Fsp3) is 1.00. The van der Waals surface area contributed by atoms with Crippen LogP contribution < -0.4 is 0 Å². The van der Waals surface area contributed by atoms with Crippen LogP contribution in [0, 0.1) is 17.8 Å². The number of hydrogen-bond donors (Lipinski definition) is 0. The molecular formula is C6H6ClF3. The van der Waals surface area contributed by atoms with Crippen molar-refractivity contribution in [2.45, 2.75) is 18.0 Å². The maximum atomic E-state index is 11.9. The molecular weight excluding hydrogens is 165 g/mol. The largest absolute Gasteiger partial charge is 0.392 e. The van der Waals surface area contributed by atoms with Gasteiger partial charge in [0.2, 0.25) is 0 Å². The first-order valence-corrected chi connectivity index (χ1v) is 3.66. The molecule has 0 spiro atoms. The van der Waals surface area contributed by atoms with Crippen LogP contribution in [0.2, 0.25) is 0 Å². The van der Waals surface area contributed by atoms with Crippen LogP contribution in [0.5, 0.6) is 0 Å². The zero-order valence-electron chi connectivity index (χ0n) is 5.03. The third kappa shape index (κ3) is 0.698. The first-order valence-electron chi connectivity index (χ1n) is 3.22. The van der Waals surface area contributed by atoms with E-state index in [-0.39, 0.29) is 17.2 Å². The van der Waals surface area contributed by atoms with Gasteiger partial charge in [0.1, 0.15) is 0 Å². The lowest BCUT2D eigenvalue weighted by Gasteiger charge is -2.15. The van der Waals surface area contributed by atoms with Gasteiger partial charge in [-0.25, -0.2) is 0 Å². The van der Waals surface area contributed by atoms with Gasteiger partial charge in [-0.3, -0.25) is 0 Å². The first kappa shape index (κ1) is 6.77. The molecule has 0 aromatic heterocycles. The van der Waals surface area contributed by atoms with E-state index in [0.29, 0.717) is 6.42 Å². The van der Waals surface area contributed by atoms with E-state index in [1.54, 1.807) is 0 Å². The quantitative estimate of drug-likeness (QED) is 0.490. The standard InChI is InChI=1S/C6H6ClF3/c7-3-1-2-4(3)5(2)6(8,9)10/h2-5H,1H2. The summed E-state index contributed by atoms with van der Waals surface area (Å²) in [5, 5.41) is -0.198. The molecule has 10 heavy (non-hydrogen) atoms. The van der Waals surface area contributed by atoms with Crippen molar-refractivity contribution in [1.29, 1.82) is 0 Å². The number of rotatable bonds is 0. The Hall–Kier alpha value is 0.0800. The molecule has 0 bridgehead atoms. The lowest BCUT2D eigenvalue weighted by molar-refractivity contribution is -0.151. The van der Waals surface area contributed by atoms with Gasteiger partial charge in [-0.1, -0.05) is 0 Å². The Morgan fingerprint density at radius 3 is 2.00 bits per heavy atom. The Labute approximate surface area is 61.4 Å². The minimum Gasteiger partial charge on any atom is -0.171 e. The van der Waals surface area contributed by atoms with Gasteiger partial charge in [-0.2, -0.15) is 13.2 Å². The zero-order valence-corrected chi connectivity index (χ0v) is 5.78. The predicted molar refractivity (Wildman–Crippen MR) is 30.8 cm³/mol. The predicted octanol–water partition coefficient (Wildman–Crippen LogP) is 2.42. The second kappa shape index (κ2) is 1.63. The van der Waals surface area contributed by atoms with Gasteiger partial charge in [-0.05, 0) is 18.3 Å². The highest BCUT2D eigenvalue weighted by Crippen LogP contribution is 2.68. The normalized spacial score (nSPS) is 51.6. The molecule has 2 aliphatic carbocycles. The molecule has 0 saturated heterocycles. The van der Waals surface area contributed by atoms with Crippen LogP contribution >= 0.6 is 11.6 Å². The van der Waals surface area contributed by atoms with E-state index >= 15 is 0 Å². The minimum atomic E-state index is -3.99. The first-order chi connectivity index (χ1) is 4.52. The Bertz CT molecular complexity index is 165. The van der Waals surface area contributed by atoms with Crippen LogP contribution in [0.15, 0.2) is 0 Å². The maximum Gasteiger partial charge on any atom is 0.392 e. The molecule has 2 saturated carbocycles. The molecule has 0 radical (unpaired) electrons. The summed E-state index contributed by atoms with van der Waals surface area (Å²) < 4.78 is 35.7. The molecule has 0 N–H and O–H groups in total. The molecule has 58 valence electrons. The Morgan fingerprint density at radius 1 is 1.30 bits per heavy atom. The van der Waals surface area contributed by atoms with Crippen LogP contribution in [-0.4, -0.2) is 11.6 Å². The Kier molecular flexibility index (Phi) is 1.10. The average Bonchev–Trinajstić information content (AvgIpc) is 2.33. The van der Waals surface area contributed by atoms with Crippen LogP contribution in [0.1, 0.15) is 6.42 Å². The SMILES string of the molecule is FC(F)(F)C1C2CC(Cl)C21. The van der Waals surface area contributed by atoms with E-state index in [9.17, 15) is 13.2 Å². The van der Waals surface area contributed by atoms with E-state index in [1.807, 2.05) is 0 Å². The van der Waals surface area contributed by atoms with E-state index in [4.69, 9.17) is 11.6 Å². The summed E-state index contributed by atoms with van der Waals surface area (Å²) in [6.45, 7) is 0. The summed E-state index contributed by atoms with van der Waals surface area (Å²) >= 11 is 5.54. The smallest absolute Gasteiger partial charge is 0.171 e. The van der Waals surface area contributed by atoms with Gasteiger partial charge >= 0.3 is 6.18 Å². The van der Waals surface area contributed by atoms with Gasteiger partial charge in [0.25, 0.3) is 0 Å². The Balaban J connectivity index is 2.01. The number of alkyl halides is 4. The third-order valence-corrected chi connectivity index (χ3v) is 2.99. The van der Waals surface area contributed by atoms with Crippen molar-refractivity contribution in [3.8, 4) is 0 Å². The highest BCUT2D eigenvalue weighted by molar-refractivity contribution is 6.21. The molecule has 2 aliphatic rings. The van der Waals surface area contributed by atoms with Gasteiger partial charge in [0, 0.05) is 5.38 Å². The fourth-order valence-corrected chi connectivity index (χ4v) is 2.43. The molecule has 0 aromatic carbocycles. The number of halogens is 4. The molecule has 4 heteroatoms. The van der Waals surface area contributed by atoms with E-state index in [0.717, 1.165) is 0 Å². The maximum absolute atomic E-state index is 11.9. The number of fused-ring (bicyclic) bond motifs is 1. The molecule has 0 heterocycles.